The predicted molar refractivity (Wildman–Crippen MR) is 60.2 cm³/mol. The molecule has 0 aliphatic heterocycles. The summed E-state index contributed by atoms with van der Waals surface area (Å²) >= 11 is 0. The van der Waals surface area contributed by atoms with Gasteiger partial charge in [0.25, 0.3) is 0 Å². The first kappa shape index (κ1) is 12.0. The average molecular weight is 236 g/mol. The van der Waals surface area contributed by atoms with Crippen LogP contribution < -0.4 is 0 Å². The second-order valence-electron chi connectivity index (χ2n) is 4.88. The Hall–Kier alpha value is -1.45. The van der Waals surface area contributed by atoms with E-state index in [1.165, 1.54) is 7.11 Å². The summed E-state index contributed by atoms with van der Waals surface area (Å²) in [5, 5.41) is 0. The van der Waals surface area contributed by atoms with Gasteiger partial charge in [-0.1, -0.05) is 0 Å². The third-order valence-corrected chi connectivity index (χ3v) is 3.93. The van der Waals surface area contributed by atoms with Crippen molar-refractivity contribution >= 4 is 17.5 Å². The molecule has 17 heavy (non-hydrogen) atoms. The van der Waals surface area contributed by atoms with Crippen LogP contribution in [0.1, 0.15) is 39.0 Å². The third kappa shape index (κ3) is 1.72. The fourth-order valence-electron chi connectivity index (χ4n) is 2.83. The van der Waals surface area contributed by atoms with Gasteiger partial charge in [0.2, 0.25) is 0 Å². The van der Waals surface area contributed by atoms with Crippen molar-refractivity contribution in [3.8, 4) is 0 Å². The largest absolute Gasteiger partial charge is 0.465 e. The van der Waals surface area contributed by atoms with Crippen molar-refractivity contribution in [2.75, 3.05) is 7.11 Å². The lowest BCUT2D eigenvalue weighted by Gasteiger charge is -2.38. The van der Waals surface area contributed by atoms with E-state index in [1.54, 1.807) is 0 Å². The molecule has 1 unspecified atom stereocenters. The van der Waals surface area contributed by atoms with Crippen LogP contribution in [0.3, 0.4) is 0 Å². The molecule has 2 aliphatic carbocycles. The van der Waals surface area contributed by atoms with Crippen LogP contribution in [0.5, 0.6) is 0 Å². The van der Waals surface area contributed by atoms with Gasteiger partial charge in [0.15, 0.2) is 5.78 Å². The number of hydrogen-bond acceptors (Lipinski definition) is 4. The maximum Gasteiger partial charge on any atom is 0.341 e. The summed E-state index contributed by atoms with van der Waals surface area (Å²) in [5.41, 5.74) is 0.224. The van der Waals surface area contributed by atoms with Gasteiger partial charge in [-0.3, -0.25) is 9.59 Å². The number of methoxy groups -OCH3 is 1. The van der Waals surface area contributed by atoms with Crippen molar-refractivity contribution in [2.24, 2.45) is 5.41 Å². The first-order chi connectivity index (χ1) is 8.00. The summed E-state index contributed by atoms with van der Waals surface area (Å²) in [6, 6.07) is 0. The van der Waals surface area contributed by atoms with Gasteiger partial charge in [0.1, 0.15) is 11.4 Å². The number of allylic oxidation sites excluding steroid dienone is 1. The van der Waals surface area contributed by atoms with Crippen molar-refractivity contribution in [1.29, 1.82) is 0 Å². The molecular weight excluding hydrogens is 220 g/mol. The average Bonchev–Trinajstić information content (AvgIpc) is 2.31. The van der Waals surface area contributed by atoms with Gasteiger partial charge in [0, 0.05) is 18.3 Å². The lowest BCUT2D eigenvalue weighted by molar-refractivity contribution is -0.138. The van der Waals surface area contributed by atoms with E-state index in [-0.39, 0.29) is 23.6 Å². The smallest absolute Gasteiger partial charge is 0.341 e. The van der Waals surface area contributed by atoms with Crippen molar-refractivity contribution in [3.05, 3.63) is 11.1 Å². The van der Waals surface area contributed by atoms with Gasteiger partial charge in [-0.2, -0.15) is 0 Å². The lowest BCUT2D eigenvalue weighted by atomic mass is 9.63. The van der Waals surface area contributed by atoms with E-state index in [2.05, 4.69) is 4.74 Å². The number of ketones is 2. The molecule has 1 saturated carbocycles. The highest BCUT2D eigenvalue weighted by Crippen LogP contribution is 2.46. The summed E-state index contributed by atoms with van der Waals surface area (Å²) in [6.07, 6.45) is 2.70. The zero-order chi connectivity index (χ0) is 12.6. The summed E-state index contributed by atoms with van der Waals surface area (Å²) in [5.74, 6) is -0.627. The van der Waals surface area contributed by atoms with Gasteiger partial charge >= 0.3 is 5.97 Å². The summed E-state index contributed by atoms with van der Waals surface area (Å²) in [4.78, 5) is 35.5. The summed E-state index contributed by atoms with van der Waals surface area (Å²) in [6.45, 7) is 1.85. The molecule has 0 bridgehead atoms. The van der Waals surface area contributed by atoms with Crippen molar-refractivity contribution < 1.29 is 19.1 Å². The van der Waals surface area contributed by atoms with Crippen LogP contribution in [0, 0.1) is 5.41 Å². The maximum atomic E-state index is 12.0. The topological polar surface area (TPSA) is 60.4 Å². The number of ether oxygens (including phenoxy) is 1. The molecule has 4 heteroatoms. The number of carbonyl (C=O) groups is 3. The van der Waals surface area contributed by atoms with Gasteiger partial charge in [-0.25, -0.2) is 4.79 Å². The predicted octanol–water partition coefficient (Wildman–Crippen LogP) is 1.58. The van der Waals surface area contributed by atoms with Crippen LogP contribution in [0.2, 0.25) is 0 Å². The molecule has 1 atom stereocenters. The van der Waals surface area contributed by atoms with Crippen LogP contribution in [-0.2, 0) is 19.1 Å². The molecule has 0 spiro atoms. The molecule has 92 valence electrons. The molecular formula is C13H16O4. The Bertz CT molecular complexity index is 433. The molecule has 0 aromatic heterocycles. The SMILES string of the molecule is COC(=O)C1=C2CCCC(=O)C2(C)CCC1=O. The Kier molecular flexibility index (Phi) is 2.89. The van der Waals surface area contributed by atoms with Crippen molar-refractivity contribution in [2.45, 2.75) is 39.0 Å². The molecule has 4 nitrogen and oxygen atoms in total. The third-order valence-electron chi connectivity index (χ3n) is 3.93. The first-order valence-electron chi connectivity index (χ1n) is 5.89. The van der Waals surface area contributed by atoms with Gasteiger partial charge in [-0.15, -0.1) is 0 Å². The van der Waals surface area contributed by atoms with Crippen LogP contribution in [0.4, 0.5) is 0 Å². The van der Waals surface area contributed by atoms with E-state index in [0.717, 1.165) is 6.42 Å². The molecule has 2 aliphatic rings. The van der Waals surface area contributed by atoms with Gasteiger partial charge in [-0.05, 0) is 31.8 Å². The molecule has 0 heterocycles. The van der Waals surface area contributed by atoms with E-state index in [0.29, 0.717) is 24.8 Å². The molecule has 0 aromatic rings. The van der Waals surface area contributed by atoms with E-state index in [1.807, 2.05) is 6.92 Å². The Morgan fingerprint density at radius 1 is 1.24 bits per heavy atom. The van der Waals surface area contributed by atoms with Crippen LogP contribution in [-0.4, -0.2) is 24.6 Å². The minimum Gasteiger partial charge on any atom is -0.465 e. The molecule has 0 aromatic carbocycles. The van der Waals surface area contributed by atoms with Crippen LogP contribution >= 0.6 is 0 Å². The highest BCUT2D eigenvalue weighted by atomic mass is 16.5. The van der Waals surface area contributed by atoms with Crippen LogP contribution in [0.15, 0.2) is 11.1 Å². The Balaban J connectivity index is 2.56. The molecule has 0 radical (unpaired) electrons. The second kappa shape index (κ2) is 4.09. The Labute approximate surface area is 100 Å². The van der Waals surface area contributed by atoms with Crippen molar-refractivity contribution in [1.82, 2.24) is 0 Å². The van der Waals surface area contributed by atoms with E-state index >= 15 is 0 Å². The minimum atomic E-state index is -0.615. The normalized spacial score (nSPS) is 29.1. The zero-order valence-electron chi connectivity index (χ0n) is 10.2. The van der Waals surface area contributed by atoms with E-state index in [4.69, 9.17) is 0 Å². The zero-order valence-corrected chi connectivity index (χ0v) is 10.2. The monoisotopic (exact) mass is 236 g/mol. The molecule has 0 saturated heterocycles. The second-order valence-corrected chi connectivity index (χ2v) is 4.88. The molecule has 0 N–H and O–H groups in total. The number of carbonyl (C=O) groups excluding carboxylic acids is 3. The molecule has 1 fully saturated rings. The quantitative estimate of drug-likeness (QED) is 0.512. The van der Waals surface area contributed by atoms with E-state index < -0.39 is 11.4 Å². The fourth-order valence-corrected chi connectivity index (χ4v) is 2.83. The fraction of sp³-hybridized carbons (Fsp3) is 0.615. The summed E-state index contributed by atoms with van der Waals surface area (Å²) < 4.78 is 4.66. The standard InChI is InChI=1S/C13H16O4/c1-13-7-6-9(14)11(12(16)17-2)8(13)4-3-5-10(13)15/h3-7H2,1-2H3. The number of esters is 1. The number of fused-ring (bicyclic) bond motifs is 1. The number of hydrogen-bond donors (Lipinski definition) is 0. The summed E-state index contributed by atoms with van der Waals surface area (Å²) in [7, 11) is 1.26. The maximum absolute atomic E-state index is 12.0. The van der Waals surface area contributed by atoms with Gasteiger partial charge < -0.3 is 4.74 Å². The lowest BCUT2D eigenvalue weighted by Crippen LogP contribution is -2.40. The molecule has 2 rings (SSSR count). The number of Topliss-reactive ketones (excluding diaryl/α,β-unsaturated/α-hetero) is 2. The van der Waals surface area contributed by atoms with Gasteiger partial charge in [0.05, 0.1) is 7.11 Å². The van der Waals surface area contributed by atoms with Crippen molar-refractivity contribution in [3.63, 3.8) is 0 Å². The van der Waals surface area contributed by atoms with Crippen LogP contribution in [0.25, 0.3) is 0 Å². The molecule has 0 amide bonds. The Morgan fingerprint density at radius 2 is 1.94 bits per heavy atom. The highest BCUT2D eigenvalue weighted by molar-refractivity contribution is 6.19. The number of rotatable bonds is 1. The Morgan fingerprint density at radius 3 is 2.59 bits per heavy atom. The highest BCUT2D eigenvalue weighted by Gasteiger charge is 2.46. The first-order valence-corrected chi connectivity index (χ1v) is 5.89. The minimum absolute atomic E-state index is 0.134. The van der Waals surface area contributed by atoms with E-state index in [9.17, 15) is 14.4 Å².